The first-order valence-electron chi connectivity index (χ1n) is 7.08. The largest absolute Gasteiger partial charge is 0.383 e. The zero-order valence-corrected chi connectivity index (χ0v) is 14.2. The van der Waals surface area contributed by atoms with Crippen LogP contribution in [-0.2, 0) is 10.1 Å². The van der Waals surface area contributed by atoms with Gasteiger partial charge in [0, 0.05) is 30.7 Å². The normalized spacial score (nSPS) is 11.1. The number of nitrogens with zero attached hydrogens (tertiary/aromatic N) is 1. The van der Waals surface area contributed by atoms with Crippen LogP contribution in [0.25, 0.3) is 0 Å². The number of hydrogen-bond acceptors (Lipinski definition) is 2. The lowest BCUT2D eigenvalue weighted by Crippen LogP contribution is -2.37. The molecule has 0 bridgehead atoms. The Labute approximate surface area is 126 Å². The molecule has 108 valence electrons. The SMILES string of the molecule is CCC(CC)N(CCOC)c1ccc(CBr)cc1C. The van der Waals surface area contributed by atoms with E-state index in [2.05, 4.69) is 59.8 Å². The van der Waals surface area contributed by atoms with E-state index in [0.29, 0.717) is 6.04 Å². The standard InChI is InChI=1S/C16H26BrNO/c1-5-15(6-2)18(9-10-19-4)16-8-7-14(12-17)11-13(16)3/h7-8,11,15H,5-6,9-10,12H2,1-4H3. The van der Waals surface area contributed by atoms with Crippen LogP contribution in [0.1, 0.15) is 37.8 Å². The second-order valence-corrected chi connectivity index (χ2v) is 5.47. The summed E-state index contributed by atoms with van der Waals surface area (Å²) in [6.07, 6.45) is 2.33. The fourth-order valence-corrected chi connectivity index (χ4v) is 2.89. The molecule has 19 heavy (non-hydrogen) atoms. The molecule has 1 aromatic rings. The van der Waals surface area contributed by atoms with Gasteiger partial charge >= 0.3 is 0 Å². The van der Waals surface area contributed by atoms with Gasteiger partial charge in [-0.1, -0.05) is 41.9 Å². The molecule has 0 saturated carbocycles. The van der Waals surface area contributed by atoms with Gasteiger partial charge in [-0.3, -0.25) is 0 Å². The van der Waals surface area contributed by atoms with Crippen molar-refractivity contribution in [1.82, 2.24) is 0 Å². The fraction of sp³-hybridized carbons (Fsp3) is 0.625. The first-order chi connectivity index (χ1) is 9.17. The van der Waals surface area contributed by atoms with Gasteiger partial charge in [-0.05, 0) is 37.0 Å². The second-order valence-electron chi connectivity index (χ2n) is 4.91. The van der Waals surface area contributed by atoms with Crippen molar-refractivity contribution in [3.05, 3.63) is 29.3 Å². The van der Waals surface area contributed by atoms with Crippen LogP contribution in [0.3, 0.4) is 0 Å². The van der Waals surface area contributed by atoms with Crippen molar-refractivity contribution < 1.29 is 4.74 Å². The molecule has 0 atom stereocenters. The van der Waals surface area contributed by atoms with Crippen molar-refractivity contribution in [1.29, 1.82) is 0 Å². The van der Waals surface area contributed by atoms with E-state index in [1.807, 2.05) is 0 Å². The number of ether oxygens (including phenoxy) is 1. The fourth-order valence-electron chi connectivity index (χ4n) is 2.54. The van der Waals surface area contributed by atoms with Gasteiger partial charge < -0.3 is 9.64 Å². The number of methoxy groups -OCH3 is 1. The molecule has 0 radical (unpaired) electrons. The number of rotatable bonds is 8. The topological polar surface area (TPSA) is 12.5 Å². The van der Waals surface area contributed by atoms with E-state index < -0.39 is 0 Å². The minimum Gasteiger partial charge on any atom is -0.383 e. The molecule has 0 aliphatic carbocycles. The third-order valence-electron chi connectivity index (χ3n) is 3.64. The smallest absolute Gasteiger partial charge is 0.0637 e. The number of aryl methyl sites for hydroxylation is 1. The predicted octanol–water partition coefficient (Wildman–Crippen LogP) is 4.53. The monoisotopic (exact) mass is 327 g/mol. The van der Waals surface area contributed by atoms with E-state index in [-0.39, 0.29) is 0 Å². The third kappa shape index (κ3) is 4.50. The van der Waals surface area contributed by atoms with Crippen LogP contribution < -0.4 is 4.90 Å². The number of alkyl halides is 1. The molecule has 0 aromatic heterocycles. The van der Waals surface area contributed by atoms with E-state index >= 15 is 0 Å². The summed E-state index contributed by atoms with van der Waals surface area (Å²) in [5.41, 5.74) is 4.02. The Morgan fingerprint density at radius 1 is 1.26 bits per heavy atom. The van der Waals surface area contributed by atoms with E-state index in [1.54, 1.807) is 7.11 Å². The molecule has 0 spiro atoms. The molecule has 3 heteroatoms. The number of halogens is 1. The summed E-state index contributed by atoms with van der Waals surface area (Å²) in [5.74, 6) is 0. The second kappa shape index (κ2) is 8.60. The van der Waals surface area contributed by atoms with Gasteiger partial charge in [0.25, 0.3) is 0 Å². The Morgan fingerprint density at radius 3 is 2.42 bits per heavy atom. The lowest BCUT2D eigenvalue weighted by molar-refractivity contribution is 0.202. The van der Waals surface area contributed by atoms with Crippen LogP contribution in [0.15, 0.2) is 18.2 Å². The Morgan fingerprint density at radius 2 is 1.95 bits per heavy atom. The summed E-state index contributed by atoms with van der Waals surface area (Å²) in [6.45, 7) is 8.45. The predicted molar refractivity (Wildman–Crippen MR) is 87.4 cm³/mol. The Kier molecular flexibility index (Phi) is 7.47. The summed E-state index contributed by atoms with van der Waals surface area (Å²) in [7, 11) is 1.77. The molecule has 0 unspecified atom stereocenters. The van der Waals surface area contributed by atoms with Gasteiger partial charge in [0.15, 0.2) is 0 Å². The first kappa shape index (κ1) is 16.5. The quantitative estimate of drug-likeness (QED) is 0.650. The van der Waals surface area contributed by atoms with E-state index in [9.17, 15) is 0 Å². The molecule has 1 rings (SSSR count). The van der Waals surface area contributed by atoms with Crippen LogP contribution in [0, 0.1) is 6.92 Å². The van der Waals surface area contributed by atoms with Crippen LogP contribution in [0.5, 0.6) is 0 Å². The van der Waals surface area contributed by atoms with Crippen molar-refractivity contribution >= 4 is 21.6 Å². The van der Waals surface area contributed by atoms with Crippen LogP contribution in [0.2, 0.25) is 0 Å². The molecule has 0 heterocycles. The maximum atomic E-state index is 5.27. The molecule has 0 fully saturated rings. The van der Waals surface area contributed by atoms with Crippen LogP contribution >= 0.6 is 15.9 Å². The van der Waals surface area contributed by atoms with Gasteiger partial charge in [-0.15, -0.1) is 0 Å². The highest BCUT2D eigenvalue weighted by Crippen LogP contribution is 2.26. The molecule has 0 amide bonds. The summed E-state index contributed by atoms with van der Waals surface area (Å²) < 4.78 is 5.27. The lowest BCUT2D eigenvalue weighted by Gasteiger charge is -2.34. The number of anilines is 1. The van der Waals surface area contributed by atoms with Crippen molar-refractivity contribution in [3.63, 3.8) is 0 Å². The van der Waals surface area contributed by atoms with Gasteiger partial charge in [-0.2, -0.15) is 0 Å². The first-order valence-corrected chi connectivity index (χ1v) is 8.21. The van der Waals surface area contributed by atoms with Crippen LogP contribution in [0.4, 0.5) is 5.69 Å². The van der Waals surface area contributed by atoms with E-state index in [0.717, 1.165) is 18.5 Å². The molecule has 1 aromatic carbocycles. The molecule has 0 N–H and O–H groups in total. The third-order valence-corrected chi connectivity index (χ3v) is 4.29. The van der Waals surface area contributed by atoms with Crippen molar-refractivity contribution in [2.45, 2.75) is 45.0 Å². The summed E-state index contributed by atoms with van der Waals surface area (Å²) in [6, 6.07) is 7.31. The van der Waals surface area contributed by atoms with Gasteiger partial charge in [0.2, 0.25) is 0 Å². The van der Waals surface area contributed by atoms with Gasteiger partial charge in [-0.25, -0.2) is 0 Å². The summed E-state index contributed by atoms with van der Waals surface area (Å²) in [4.78, 5) is 2.50. The highest BCUT2D eigenvalue weighted by atomic mass is 79.9. The zero-order valence-electron chi connectivity index (χ0n) is 12.6. The molecule has 0 aliphatic rings. The summed E-state index contributed by atoms with van der Waals surface area (Å²) >= 11 is 3.52. The highest BCUT2D eigenvalue weighted by Gasteiger charge is 2.17. The molecular weight excluding hydrogens is 302 g/mol. The minimum atomic E-state index is 0.587. The Hall–Kier alpha value is -0.540. The number of hydrogen-bond donors (Lipinski definition) is 0. The van der Waals surface area contributed by atoms with E-state index in [1.165, 1.54) is 29.7 Å². The Balaban J connectivity index is 3.01. The lowest BCUT2D eigenvalue weighted by atomic mass is 10.1. The van der Waals surface area contributed by atoms with Crippen molar-refractivity contribution in [2.75, 3.05) is 25.2 Å². The Bertz CT molecular complexity index is 377. The molecule has 0 saturated heterocycles. The summed E-state index contributed by atoms with van der Waals surface area (Å²) in [5, 5.41) is 0.914. The van der Waals surface area contributed by atoms with Crippen molar-refractivity contribution in [3.8, 4) is 0 Å². The maximum Gasteiger partial charge on any atom is 0.0637 e. The van der Waals surface area contributed by atoms with E-state index in [4.69, 9.17) is 4.74 Å². The van der Waals surface area contributed by atoms with Gasteiger partial charge in [0.1, 0.15) is 0 Å². The average molecular weight is 328 g/mol. The highest BCUT2D eigenvalue weighted by molar-refractivity contribution is 9.08. The number of benzene rings is 1. The molecule has 2 nitrogen and oxygen atoms in total. The zero-order chi connectivity index (χ0) is 14.3. The van der Waals surface area contributed by atoms with Crippen molar-refractivity contribution in [2.24, 2.45) is 0 Å². The van der Waals surface area contributed by atoms with Gasteiger partial charge in [0.05, 0.1) is 6.61 Å². The maximum absolute atomic E-state index is 5.27. The minimum absolute atomic E-state index is 0.587. The average Bonchev–Trinajstić information content (AvgIpc) is 2.44. The molecule has 0 aliphatic heterocycles. The molecular formula is C16H26BrNO. The van der Waals surface area contributed by atoms with Crippen LogP contribution in [-0.4, -0.2) is 26.3 Å².